The van der Waals surface area contributed by atoms with Crippen molar-refractivity contribution in [1.29, 1.82) is 0 Å². The van der Waals surface area contributed by atoms with Crippen LogP contribution in [-0.4, -0.2) is 22.9 Å². The molecule has 150 valence electrons. The highest BCUT2D eigenvalue weighted by molar-refractivity contribution is 6.31. The number of benzene rings is 2. The molecule has 0 aliphatic heterocycles. The number of carbonyl (C=O) groups excluding carboxylic acids is 2. The summed E-state index contributed by atoms with van der Waals surface area (Å²) in [5, 5.41) is 0.349. The summed E-state index contributed by atoms with van der Waals surface area (Å²) < 4.78 is 20.6. The van der Waals surface area contributed by atoms with E-state index in [4.69, 9.17) is 22.1 Å². The Morgan fingerprint density at radius 3 is 2.41 bits per heavy atom. The van der Waals surface area contributed by atoms with Gasteiger partial charge in [0.2, 0.25) is 5.78 Å². The number of nitrogens with zero attached hydrogens (tertiary/aromatic N) is 1. The maximum absolute atomic E-state index is 13.1. The summed E-state index contributed by atoms with van der Waals surface area (Å²) in [5.74, 6) is -1.00. The fourth-order valence-corrected chi connectivity index (χ4v) is 3.31. The van der Waals surface area contributed by atoms with E-state index in [-0.39, 0.29) is 29.5 Å². The average molecular weight is 415 g/mol. The first kappa shape index (κ1) is 20.6. The predicted molar refractivity (Wildman–Crippen MR) is 109 cm³/mol. The minimum absolute atomic E-state index is 0.118. The number of nitrogens with two attached hydrogens (primary N) is 1. The van der Waals surface area contributed by atoms with Gasteiger partial charge in [-0.15, -0.1) is 0 Å². The lowest BCUT2D eigenvalue weighted by Crippen LogP contribution is -2.17. The molecule has 1 heterocycles. The Labute approximate surface area is 172 Å². The number of hydrogen-bond donors (Lipinski definition) is 1. The molecule has 0 atom stereocenters. The van der Waals surface area contributed by atoms with Gasteiger partial charge >= 0.3 is 0 Å². The van der Waals surface area contributed by atoms with E-state index in [1.807, 2.05) is 18.4 Å². The Morgan fingerprint density at radius 1 is 1.07 bits per heavy atom. The average Bonchev–Trinajstić information content (AvgIpc) is 2.96. The number of amides is 1. The second-order valence-corrected chi connectivity index (χ2v) is 7.15. The van der Waals surface area contributed by atoms with E-state index in [0.717, 1.165) is 17.0 Å². The van der Waals surface area contributed by atoms with Crippen LogP contribution in [0.1, 0.15) is 37.7 Å². The van der Waals surface area contributed by atoms with Gasteiger partial charge < -0.3 is 15.0 Å². The van der Waals surface area contributed by atoms with E-state index in [2.05, 4.69) is 0 Å². The molecular weight excluding hydrogens is 395 g/mol. The van der Waals surface area contributed by atoms with E-state index < -0.39 is 5.91 Å². The van der Waals surface area contributed by atoms with Crippen LogP contribution in [0.4, 0.5) is 4.39 Å². The molecule has 0 fully saturated rings. The van der Waals surface area contributed by atoms with Gasteiger partial charge in [-0.25, -0.2) is 4.39 Å². The highest BCUT2D eigenvalue weighted by Crippen LogP contribution is 2.23. The summed E-state index contributed by atoms with van der Waals surface area (Å²) in [6, 6.07) is 12.5. The monoisotopic (exact) mass is 414 g/mol. The molecule has 0 spiro atoms. The summed E-state index contributed by atoms with van der Waals surface area (Å²) in [7, 11) is 0. The Balaban J connectivity index is 1.77. The minimum atomic E-state index is -0.688. The van der Waals surface area contributed by atoms with Crippen molar-refractivity contribution >= 4 is 23.3 Å². The molecular formula is C22H20ClFN2O3. The first-order valence-corrected chi connectivity index (χ1v) is 9.30. The van der Waals surface area contributed by atoms with Crippen molar-refractivity contribution in [3.8, 4) is 5.75 Å². The molecule has 5 nitrogen and oxygen atoms in total. The third-order valence-corrected chi connectivity index (χ3v) is 4.93. The molecule has 0 aliphatic rings. The fraction of sp³-hybridized carbons (Fsp3) is 0.182. The van der Waals surface area contributed by atoms with Crippen LogP contribution < -0.4 is 10.5 Å². The van der Waals surface area contributed by atoms with Gasteiger partial charge in [0.05, 0.1) is 5.56 Å². The highest BCUT2D eigenvalue weighted by Gasteiger charge is 2.18. The quantitative estimate of drug-likeness (QED) is 0.585. The second kappa shape index (κ2) is 8.49. The Hall–Kier alpha value is -3.12. The molecule has 1 amide bonds. The van der Waals surface area contributed by atoms with Crippen molar-refractivity contribution in [2.24, 2.45) is 5.73 Å². The van der Waals surface area contributed by atoms with E-state index in [1.54, 1.807) is 24.3 Å². The van der Waals surface area contributed by atoms with Gasteiger partial charge in [0, 0.05) is 28.5 Å². The lowest BCUT2D eigenvalue weighted by Gasteiger charge is -2.11. The zero-order valence-corrected chi connectivity index (χ0v) is 16.8. The molecule has 3 rings (SSSR count). The number of halogens is 2. The summed E-state index contributed by atoms with van der Waals surface area (Å²) in [6.07, 6.45) is 0. The van der Waals surface area contributed by atoms with Crippen LogP contribution in [-0.2, 0) is 6.54 Å². The minimum Gasteiger partial charge on any atom is -0.485 e. The molecule has 2 N–H and O–H groups in total. The number of carbonyl (C=O) groups is 2. The topological polar surface area (TPSA) is 74.3 Å². The molecule has 29 heavy (non-hydrogen) atoms. The standard InChI is InChI=1S/C22H20ClFN2O3/c1-13-9-18(14(2)26(13)11-15-3-6-17(24)7-4-15)20(27)12-29-21-8-5-16(23)10-19(21)22(25)28/h3-10H,11-12H2,1-2H3,(H2,25,28). The van der Waals surface area contributed by atoms with E-state index in [9.17, 15) is 14.0 Å². The summed E-state index contributed by atoms with van der Waals surface area (Å²) in [5.41, 5.74) is 8.60. The number of ketones is 1. The molecule has 3 aromatic rings. The number of Topliss-reactive ketones (excluding diaryl/α,β-unsaturated/α-hetero) is 1. The summed E-state index contributed by atoms with van der Waals surface area (Å²) >= 11 is 5.88. The number of aromatic nitrogens is 1. The number of ether oxygens (including phenoxy) is 1. The molecule has 0 aliphatic carbocycles. The zero-order chi connectivity index (χ0) is 21.1. The Bertz CT molecular complexity index is 1070. The van der Waals surface area contributed by atoms with E-state index in [1.165, 1.54) is 24.3 Å². The van der Waals surface area contributed by atoms with Gasteiger partial charge in [0.25, 0.3) is 5.91 Å². The van der Waals surface area contributed by atoms with Gasteiger partial charge in [0.1, 0.15) is 11.6 Å². The predicted octanol–water partition coefficient (Wildman–Crippen LogP) is 4.31. The van der Waals surface area contributed by atoms with Crippen LogP contribution in [0.15, 0.2) is 48.5 Å². The van der Waals surface area contributed by atoms with Crippen LogP contribution in [0.25, 0.3) is 0 Å². The lowest BCUT2D eigenvalue weighted by molar-refractivity contribution is 0.0911. The normalized spacial score (nSPS) is 10.8. The maximum Gasteiger partial charge on any atom is 0.252 e. The van der Waals surface area contributed by atoms with Crippen LogP contribution in [0.2, 0.25) is 5.02 Å². The van der Waals surface area contributed by atoms with Crippen LogP contribution in [0.3, 0.4) is 0 Å². The Kier molecular flexibility index (Phi) is 6.03. The van der Waals surface area contributed by atoms with Gasteiger partial charge in [-0.05, 0) is 55.8 Å². The van der Waals surface area contributed by atoms with Gasteiger partial charge in [0.15, 0.2) is 6.61 Å². The van der Waals surface area contributed by atoms with Gasteiger partial charge in [-0.1, -0.05) is 23.7 Å². The van der Waals surface area contributed by atoms with Crippen molar-refractivity contribution in [3.63, 3.8) is 0 Å². The van der Waals surface area contributed by atoms with E-state index >= 15 is 0 Å². The number of primary amides is 1. The molecule has 0 radical (unpaired) electrons. The van der Waals surface area contributed by atoms with Crippen molar-refractivity contribution < 1.29 is 18.7 Å². The van der Waals surface area contributed by atoms with Crippen molar-refractivity contribution in [2.45, 2.75) is 20.4 Å². The molecule has 1 aromatic heterocycles. The maximum atomic E-state index is 13.1. The van der Waals surface area contributed by atoms with Crippen molar-refractivity contribution in [2.75, 3.05) is 6.61 Å². The van der Waals surface area contributed by atoms with Crippen molar-refractivity contribution in [3.05, 3.63) is 87.4 Å². The SMILES string of the molecule is Cc1cc(C(=O)COc2ccc(Cl)cc2C(N)=O)c(C)n1Cc1ccc(F)cc1. The van der Waals surface area contributed by atoms with Crippen molar-refractivity contribution in [1.82, 2.24) is 4.57 Å². The second-order valence-electron chi connectivity index (χ2n) is 6.71. The molecule has 0 bridgehead atoms. The van der Waals surface area contributed by atoms with E-state index in [0.29, 0.717) is 17.1 Å². The van der Waals surface area contributed by atoms with Crippen LogP contribution in [0, 0.1) is 19.7 Å². The third kappa shape index (κ3) is 4.66. The molecule has 2 aromatic carbocycles. The molecule has 0 saturated heterocycles. The smallest absolute Gasteiger partial charge is 0.252 e. The van der Waals surface area contributed by atoms with Crippen LogP contribution >= 0.6 is 11.6 Å². The number of rotatable bonds is 7. The summed E-state index contributed by atoms with van der Waals surface area (Å²) in [6.45, 7) is 4.03. The molecule has 7 heteroatoms. The van der Waals surface area contributed by atoms with Crippen LogP contribution in [0.5, 0.6) is 5.75 Å². The highest BCUT2D eigenvalue weighted by atomic mass is 35.5. The number of hydrogen-bond acceptors (Lipinski definition) is 3. The third-order valence-electron chi connectivity index (χ3n) is 4.69. The van der Waals surface area contributed by atoms with Gasteiger partial charge in [-0.3, -0.25) is 9.59 Å². The Morgan fingerprint density at radius 2 is 1.76 bits per heavy atom. The number of aryl methyl sites for hydroxylation is 1. The zero-order valence-electron chi connectivity index (χ0n) is 16.0. The molecule has 0 unspecified atom stereocenters. The fourth-order valence-electron chi connectivity index (χ4n) is 3.14. The first-order valence-electron chi connectivity index (χ1n) is 8.92. The lowest BCUT2D eigenvalue weighted by atomic mass is 10.1. The molecule has 0 saturated carbocycles. The largest absolute Gasteiger partial charge is 0.485 e. The first-order chi connectivity index (χ1) is 13.8. The van der Waals surface area contributed by atoms with Gasteiger partial charge in [-0.2, -0.15) is 0 Å². The summed E-state index contributed by atoms with van der Waals surface area (Å²) in [4.78, 5) is 24.3.